The molecule has 0 heterocycles. The van der Waals surface area contributed by atoms with Crippen LogP contribution < -0.4 is 5.32 Å². The Balaban J connectivity index is 4.01. The molecule has 0 rings (SSSR count). The average molecular weight is 245 g/mol. The number of amides is 1. The number of Topliss-reactive ketones (excluding diaryl/α,β-unsaturated/α-hetero) is 1. The second kappa shape index (κ2) is 8.20. The van der Waals surface area contributed by atoms with Crippen molar-refractivity contribution >= 4 is 11.7 Å². The number of hydrogen-bond acceptors (Lipinski definition) is 4. The lowest BCUT2D eigenvalue weighted by Gasteiger charge is -2.19. The van der Waals surface area contributed by atoms with Gasteiger partial charge in [0.2, 0.25) is 5.91 Å². The normalized spacial score (nSPS) is 14.5. The molecule has 0 aromatic rings. The molecule has 3 N–H and O–H groups in total. The van der Waals surface area contributed by atoms with Crippen molar-refractivity contribution in [2.75, 3.05) is 6.61 Å². The van der Waals surface area contributed by atoms with Gasteiger partial charge in [0.15, 0.2) is 0 Å². The summed E-state index contributed by atoms with van der Waals surface area (Å²) in [5.74, 6) is -0.112. The van der Waals surface area contributed by atoms with Crippen molar-refractivity contribution in [2.45, 2.75) is 52.2 Å². The first kappa shape index (κ1) is 16.1. The topological polar surface area (TPSA) is 86.6 Å². The van der Waals surface area contributed by atoms with E-state index in [1.54, 1.807) is 0 Å². The molecule has 0 aromatic heterocycles. The fourth-order valence-corrected chi connectivity index (χ4v) is 1.65. The Hall–Kier alpha value is -0.940. The Bertz CT molecular complexity index is 253. The predicted molar refractivity (Wildman–Crippen MR) is 64.4 cm³/mol. The number of rotatable bonds is 8. The molecule has 0 aliphatic carbocycles. The molecule has 0 saturated carbocycles. The van der Waals surface area contributed by atoms with Crippen LogP contribution >= 0.6 is 0 Å². The summed E-state index contributed by atoms with van der Waals surface area (Å²) in [6.45, 7) is 5.25. The van der Waals surface area contributed by atoms with Crippen molar-refractivity contribution in [1.29, 1.82) is 0 Å². The minimum Gasteiger partial charge on any atom is -0.394 e. The second-order valence-electron chi connectivity index (χ2n) is 4.84. The van der Waals surface area contributed by atoms with E-state index in [1.165, 1.54) is 6.92 Å². The predicted octanol–water partition coefficient (Wildman–Crippen LogP) is 0.240. The molecule has 100 valence electrons. The Morgan fingerprint density at radius 3 is 2.24 bits per heavy atom. The molecule has 17 heavy (non-hydrogen) atoms. The van der Waals surface area contributed by atoms with Crippen molar-refractivity contribution in [3.8, 4) is 0 Å². The van der Waals surface area contributed by atoms with Gasteiger partial charge in [0.25, 0.3) is 0 Å². The number of hydrogen-bond donors (Lipinski definition) is 3. The first-order valence-electron chi connectivity index (χ1n) is 5.92. The van der Waals surface area contributed by atoms with Crippen LogP contribution in [0.5, 0.6) is 0 Å². The molecule has 5 heteroatoms. The van der Waals surface area contributed by atoms with Crippen LogP contribution in [0.1, 0.15) is 40.0 Å². The third kappa shape index (κ3) is 8.83. The van der Waals surface area contributed by atoms with Crippen LogP contribution in [0.2, 0.25) is 0 Å². The van der Waals surface area contributed by atoms with Gasteiger partial charge in [0, 0.05) is 6.42 Å². The molecular formula is C12H23NO4. The average Bonchev–Trinajstić information content (AvgIpc) is 2.13. The summed E-state index contributed by atoms with van der Waals surface area (Å²) in [7, 11) is 0. The molecular weight excluding hydrogens is 222 g/mol. The van der Waals surface area contributed by atoms with E-state index < -0.39 is 6.10 Å². The Morgan fingerprint density at radius 2 is 1.82 bits per heavy atom. The van der Waals surface area contributed by atoms with Crippen molar-refractivity contribution in [2.24, 2.45) is 5.92 Å². The van der Waals surface area contributed by atoms with E-state index in [0.717, 1.165) is 0 Å². The van der Waals surface area contributed by atoms with Gasteiger partial charge in [0.1, 0.15) is 5.78 Å². The molecule has 0 radical (unpaired) electrons. The third-order valence-electron chi connectivity index (χ3n) is 2.29. The molecule has 0 unspecified atom stereocenters. The highest BCUT2D eigenvalue weighted by Gasteiger charge is 2.16. The molecule has 5 nitrogen and oxygen atoms in total. The maximum Gasteiger partial charge on any atom is 0.222 e. The zero-order valence-electron chi connectivity index (χ0n) is 10.8. The van der Waals surface area contributed by atoms with E-state index in [2.05, 4.69) is 5.32 Å². The fraction of sp³-hybridized carbons (Fsp3) is 0.833. The van der Waals surface area contributed by atoms with Crippen LogP contribution in [0.4, 0.5) is 0 Å². The van der Waals surface area contributed by atoms with Crippen LogP contribution in [0.15, 0.2) is 0 Å². The minimum atomic E-state index is -0.939. The summed E-state index contributed by atoms with van der Waals surface area (Å²) < 4.78 is 0. The first-order chi connectivity index (χ1) is 7.85. The largest absolute Gasteiger partial charge is 0.394 e. The van der Waals surface area contributed by atoms with Crippen LogP contribution in [-0.2, 0) is 9.59 Å². The highest BCUT2D eigenvalue weighted by Crippen LogP contribution is 2.05. The van der Waals surface area contributed by atoms with E-state index in [0.29, 0.717) is 12.3 Å². The maximum atomic E-state index is 11.5. The second-order valence-corrected chi connectivity index (χ2v) is 4.84. The summed E-state index contributed by atoms with van der Waals surface area (Å²) in [5.41, 5.74) is 0. The molecule has 0 saturated heterocycles. The monoisotopic (exact) mass is 245 g/mol. The van der Waals surface area contributed by atoms with Crippen LogP contribution in [-0.4, -0.2) is 40.7 Å². The van der Waals surface area contributed by atoms with Crippen molar-refractivity contribution < 1.29 is 19.8 Å². The number of aliphatic hydroxyl groups is 2. The molecule has 0 aliphatic heterocycles. The molecule has 0 aromatic carbocycles. The SMILES string of the molecule is CC(=O)C[C@@H](O)CC(=O)N[C@@H](CO)CC(C)C. The van der Waals surface area contributed by atoms with Crippen LogP contribution in [0, 0.1) is 5.92 Å². The standard InChI is InChI=1S/C12H23NO4/c1-8(2)4-10(7-14)13-12(17)6-11(16)5-9(3)15/h8,10-11,14,16H,4-7H2,1-3H3,(H,13,17)/t10-,11-/m1/s1. The third-order valence-corrected chi connectivity index (χ3v) is 2.29. The van der Waals surface area contributed by atoms with E-state index in [1.807, 2.05) is 13.8 Å². The van der Waals surface area contributed by atoms with Gasteiger partial charge in [-0.25, -0.2) is 0 Å². The molecule has 0 spiro atoms. The van der Waals surface area contributed by atoms with Gasteiger partial charge in [-0.1, -0.05) is 13.8 Å². The number of ketones is 1. The van der Waals surface area contributed by atoms with Gasteiger partial charge in [-0.15, -0.1) is 0 Å². The van der Waals surface area contributed by atoms with Crippen molar-refractivity contribution in [1.82, 2.24) is 5.32 Å². The Labute approximate surface area is 102 Å². The minimum absolute atomic E-state index is 0.0125. The lowest BCUT2D eigenvalue weighted by molar-refractivity contribution is -0.125. The molecule has 1 amide bonds. The Kier molecular flexibility index (Phi) is 7.74. The van der Waals surface area contributed by atoms with Crippen LogP contribution in [0.3, 0.4) is 0 Å². The highest BCUT2D eigenvalue weighted by molar-refractivity contribution is 5.79. The van der Waals surface area contributed by atoms with Gasteiger partial charge in [0.05, 0.1) is 25.2 Å². The van der Waals surface area contributed by atoms with Crippen molar-refractivity contribution in [3.63, 3.8) is 0 Å². The van der Waals surface area contributed by atoms with E-state index in [-0.39, 0.29) is 37.2 Å². The smallest absolute Gasteiger partial charge is 0.222 e. The van der Waals surface area contributed by atoms with Gasteiger partial charge >= 0.3 is 0 Å². The molecule has 0 bridgehead atoms. The quantitative estimate of drug-likeness (QED) is 0.571. The van der Waals surface area contributed by atoms with E-state index in [9.17, 15) is 14.7 Å². The molecule has 0 fully saturated rings. The summed E-state index contributed by atoms with van der Waals surface area (Å²) in [5, 5.41) is 21.1. The van der Waals surface area contributed by atoms with Crippen LogP contribution in [0.25, 0.3) is 0 Å². The molecule has 2 atom stereocenters. The summed E-state index contributed by atoms with van der Waals surface area (Å²) in [4.78, 5) is 22.2. The molecule has 0 aliphatic rings. The number of carbonyl (C=O) groups is 2. The zero-order chi connectivity index (χ0) is 13.4. The van der Waals surface area contributed by atoms with Gasteiger partial charge in [-0.3, -0.25) is 9.59 Å². The number of nitrogens with one attached hydrogen (secondary N) is 1. The highest BCUT2D eigenvalue weighted by atomic mass is 16.3. The van der Waals surface area contributed by atoms with Crippen molar-refractivity contribution in [3.05, 3.63) is 0 Å². The summed E-state index contributed by atoms with van der Waals surface area (Å²) in [6, 6.07) is -0.285. The zero-order valence-corrected chi connectivity index (χ0v) is 10.8. The fourth-order valence-electron chi connectivity index (χ4n) is 1.65. The van der Waals surface area contributed by atoms with Gasteiger partial charge in [-0.2, -0.15) is 0 Å². The Morgan fingerprint density at radius 1 is 1.24 bits per heavy atom. The number of carbonyl (C=O) groups excluding carboxylic acids is 2. The summed E-state index contributed by atoms with van der Waals surface area (Å²) in [6.07, 6.45) is -0.369. The van der Waals surface area contributed by atoms with E-state index in [4.69, 9.17) is 5.11 Å². The van der Waals surface area contributed by atoms with E-state index >= 15 is 0 Å². The number of aliphatic hydroxyl groups excluding tert-OH is 2. The lowest BCUT2D eigenvalue weighted by Crippen LogP contribution is -2.39. The lowest BCUT2D eigenvalue weighted by atomic mass is 10.0. The van der Waals surface area contributed by atoms with Gasteiger partial charge < -0.3 is 15.5 Å². The first-order valence-corrected chi connectivity index (χ1v) is 5.92. The summed E-state index contributed by atoms with van der Waals surface area (Å²) >= 11 is 0. The van der Waals surface area contributed by atoms with Gasteiger partial charge in [-0.05, 0) is 19.3 Å². The maximum absolute atomic E-state index is 11.5.